The number of nitrogens with two attached hydrogens (primary N) is 2. The summed E-state index contributed by atoms with van der Waals surface area (Å²) in [5, 5.41) is 14.6. The van der Waals surface area contributed by atoms with Gasteiger partial charge >= 0.3 is 7.82 Å². The van der Waals surface area contributed by atoms with E-state index >= 15 is 0 Å². The third kappa shape index (κ3) is 12.6. The molecule has 5 atom stereocenters. The first-order chi connectivity index (χ1) is 27.9. The van der Waals surface area contributed by atoms with Crippen molar-refractivity contribution in [3.8, 4) is 5.75 Å². The van der Waals surface area contributed by atoms with Crippen LogP contribution in [0.5, 0.6) is 5.75 Å². The lowest BCUT2D eigenvalue weighted by Gasteiger charge is -2.38. The Hall–Kier alpha value is -5.69. The molecular weight excluding hydrogens is 809 g/mol. The standard InChI is InChI=1S/C38H46N7O12PS/c39-31(46)19-29-35(50)42-27(18-23-8-11-24-6-2-3-7-25(24)16-23)34(49)43-30(33(40)48)20-59(56)21-32(47)41-28(17-22-9-12-26(13-10-22)57-58(53,54)55)36(51)45-38(37(52)44-29)14-4-1-5-15-38/h2-3,6-13,16,27-30H,1,4-5,14-15,17-21H2,(H2,39,46)(H2,40,48)(H,41,47)(H,42,50)(H,43,49)(H,44,52)(H,45,51)(H2,53,54,55)/t27-,28-,29-,30-,59+/m1/s1. The Morgan fingerprint density at radius 2 is 1.37 bits per heavy atom. The van der Waals surface area contributed by atoms with Crippen molar-refractivity contribution in [3.05, 3.63) is 77.9 Å². The number of rotatable bonds is 9. The summed E-state index contributed by atoms with van der Waals surface area (Å²) in [6, 6.07) is 11.9. The van der Waals surface area contributed by atoms with E-state index in [1.165, 1.54) is 24.3 Å². The quantitative estimate of drug-likeness (QED) is 0.117. The molecule has 1 aliphatic carbocycles. The van der Waals surface area contributed by atoms with Gasteiger partial charge in [-0.1, -0.05) is 73.9 Å². The fourth-order valence-electron chi connectivity index (χ4n) is 7.04. The summed E-state index contributed by atoms with van der Waals surface area (Å²) in [5.74, 6) is -8.08. The Morgan fingerprint density at radius 3 is 2.02 bits per heavy atom. The zero-order chi connectivity index (χ0) is 42.9. The van der Waals surface area contributed by atoms with Crippen LogP contribution in [0.2, 0.25) is 0 Å². The Morgan fingerprint density at radius 1 is 0.763 bits per heavy atom. The second-order valence-electron chi connectivity index (χ2n) is 14.5. The van der Waals surface area contributed by atoms with E-state index in [2.05, 4.69) is 31.1 Å². The summed E-state index contributed by atoms with van der Waals surface area (Å²) in [6.07, 6.45) is 0.810. The largest absolute Gasteiger partial charge is 0.524 e. The van der Waals surface area contributed by atoms with Crippen LogP contribution in [-0.2, 0) is 61.8 Å². The van der Waals surface area contributed by atoms with Crippen LogP contribution >= 0.6 is 7.82 Å². The number of nitrogens with one attached hydrogen (secondary N) is 5. The molecule has 1 aliphatic heterocycles. The molecule has 2 fully saturated rings. The topological polar surface area (TPSA) is 316 Å². The molecule has 3 aromatic rings. The number of benzene rings is 3. The molecule has 7 amide bonds. The number of carbonyl (C=O) groups excluding carboxylic acids is 7. The van der Waals surface area contributed by atoms with Crippen molar-refractivity contribution < 1.29 is 56.6 Å². The fraction of sp³-hybridized carbons (Fsp3) is 0.395. The van der Waals surface area contributed by atoms with Crippen molar-refractivity contribution in [3.63, 3.8) is 0 Å². The highest BCUT2D eigenvalue weighted by atomic mass is 32.2. The molecule has 1 heterocycles. The average molecular weight is 856 g/mol. The van der Waals surface area contributed by atoms with Crippen molar-refractivity contribution in [2.24, 2.45) is 11.5 Å². The maximum Gasteiger partial charge on any atom is 0.524 e. The number of phosphoric acid groups is 1. The van der Waals surface area contributed by atoms with Crippen molar-refractivity contribution in [1.82, 2.24) is 26.6 Å². The van der Waals surface area contributed by atoms with E-state index in [4.69, 9.17) is 21.3 Å². The molecule has 316 valence electrons. The van der Waals surface area contributed by atoms with Gasteiger partial charge in [0, 0.05) is 23.6 Å². The van der Waals surface area contributed by atoms with Crippen LogP contribution in [0.1, 0.15) is 49.7 Å². The van der Waals surface area contributed by atoms with Crippen LogP contribution in [0.3, 0.4) is 0 Å². The molecule has 1 saturated carbocycles. The maximum atomic E-state index is 14.3. The Bertz CT molecular complexity index is 2180. The molecule has 0 radical (unpaired) electrons. The number of hydrogen-bond acceptors (Lipinski definition) is 10. The number of carbonyl (C=O) groups is 7. The van der Waals surface area contributed by atoms with Gasteiger partial charge in [-0.3, -0.25) is 47.6 Å². The normalized spacial score (nSPS) is 23.7. The third-order valence-corrected chi connectivity index (χ3v) is 11.7. The summed E-state index contributed by atoms with van der Waals surface area (Å²) in [4.78, 5) is 113. The highest BCUT2D eigenvalue weighted by Gasteiger charge is 2.44. The Kier molecular flexibility index (Phi) is 14.6. The van der Waals surface area contributed by atoms with E-state index in [1.807, 2.05) is 30.3 Å². The smallest absolute Gasteiger partial charge is 0.404 e. The van der Waals surface area contributed by atoms with Crippen LogP contribution in [-0.4, -0.2) is 96.6 Å². The highest BCUT2D eigenvalue weighted by Crippen LogP contribution is 2.37. The monoisotopic (exact) mass is 855 g/mol. The summed E-state index contributed by atoms with van der Waals surface area (Å²) in [6.45, 7) is 0. The predicted molar refractivity (Wildman–Crippen MR) is 213 cm³/mol. The minimum atomic E-state index is -4.88. The van der Waals surface area contributed by atoms with E-state index in [-0.39, 0.29) is 31.4 Å². The Balaban J connectivity index is 1.50. The van der Waals surface area contributed by atoms with Crippen LogP contribution in [0.15, 0.2) is 66.7 Å². The molecule has 0 unspecified atom stereocenters. The molecular formula is C38H46N7O12PS. The zero-order valence-corrected chi connectivity index (χ0v) is 33.4. The molecule has 59 heavy (non-hydrogen) atoms. The minimum Gasteiger partial charge on any atom is -0.404 e. The lowest BCUT2D eigenvalue weighted by molar-refractivity contribution is -0.139. The maximum absolute atomic E-state index is 14.3. The van der Waals surface area contributed by atoms with E-state index in [1.54, 1.807) is 12.1 Å². The lowest BCUT2D eigenvalue weighted by atomic mass is 9.80. The first-order valence-electron chi connectivity index (χ1n) is 18.7. The molecule has 1 spiro atoms. The van der Waals surface area contributed by atoms with E-state index in [9.17, 15) is 42.3 Å². The van der Waals surface area contributed by atoms with Crippen molar-refractivity contribution in [1.29, 1.82) is 0 Å². The molecule has 5 rings (SSSR count). The van der Waals surface area contributed by atoms with Gasteiger partial charge in [-0.15, -0.1) is 0 Å². The van der Waals surface area contributed by atoms with Gasteiger partial charge in [0.1, 0.15) is 41.2 Å². The fourth-order valence-corrected chi connectivity index (χ4v) is 8.55. The first-order valence-corrected chi connectivity index (χ1v) is 21.7. The second-order valence-corrected chi connectivity index (χ2v) is 17.2. The molecule has 19 nitrogen and oxygen atoms in total. The molecule has 11 N–H and O–H groups in total. The molecule has 0 aromatic heterocycles. The summed E-state index contributed by atoms with van der Waals surface area (Å²) in [5.41, 5.74) is 10.4. The van der Waals surface area contributed by atoms with Crippen molar-refractivity contribution in [2.75, 3.05) is 11.5 Å². The van der Waals surface area contributed by atoms with Gasteiger partial charge < -0.3 is 42.6 Å². The van der Waals surface area contributed by atoms with Gasteiger partial charge in [-0.05, 0) is 46.9 Å². The lowest BCUT2D eigenvalue weighted by Crippen LogP contribution is -2.66. The van der Waals surface area contributed by atoms with Crippen molar-refractivity contribution in [2.45, 2.75) is 81.1 Å². The van der Waals surface area contributed by atoms with E-state index in [0.29, 0.717) is 30.4 Å². The van der Waals surface area contributed by atoms with Gasteiger partial charge in [0.25, 0.3) is 0 Å². The third-order valence-electron chi connectivity index (χ3n) is 9.96. The average Bonchev–Trinajstić information content (AvgIpc) is 3.16. The number of fused-ring (bicyclic) bond motifs is 1. The number of phosphoric ester groups is 1. The number of primary amides is 2. The molecule has 2 aliphatic rings. The Labute approximate surface area is 340 Å². The molecule has 21 heteroatoms. The molecule has 1 saturated heterocycles. The van der Waals surface area contributed by atoms with Crippen LogP contribution in [0.4, 0.5) is 0 Å². The summed E-state index contributed by atoms with van der Waals surface area (Å²) < 4.78 is 29.2. The van der Waals surface area contributed by atoms with Crippen LogP contribution < -0.4 is 42.6 Å². The first kappa shape index (κ1) is 44.4. The molecule has 0 bridgehead atoms. The number of hydrogen-bond donors (Lipinski definition) is 9. The number of amides is 7. The van der Waals surface area contributed by atoms with Gasteiger partial charge in [0.05, 0.1) is 12.2 Å². The zero-order valence-electron chi connectivity index (χ0n) is 31.7. The van der Waals surface area contributed by atoms with Gasteiger partial charge in [-0.25, -0.2) is 4.57 Å². The van der Waals surface area contributed by atoms with Gasteiger partial charge in [0.15, 0.2) is 0 Å². The van der Waals surface area contributed by atoms with Crippen molar-refractivity contribution >= 4 is 70.7 Å². The summed E-state index contributed by atoms with van der Waals surface area (Å²) >= 11 is 0. The second kappa shape index (κ2) is 19.4. The van der Waals surface area contributed by atoms with E-state index in [0.717, 1.165) is 10.8 Å². The van der Waals surface area contributed by atoms with E-state index < -0.39 is 108 Å². The van der Waals surface area contributed by atoms with Crippen LogP contribution in [0.25, 0.3) is 10.8 Å². The minimum absolute atomic E-state index is 0.107. The van der Waals surface area contributed by atoms with Crippen LogP contribution in [0, 0.1) is 0 Å². The predicted octanol–water partition coefficient (Wildman–Crippen LogP) is -1.02. The molecule has 3 aromatic carbocycles. The van der Waals surface area contributed by atoms with Gasteiger partial charge in [-0.2, -0.15) is 0 Å². The summed E-state index contributed by atoms with van der Waals surface area (Å²) in [7, 11) is -7.04. The SMILES string of the molecule is NC(=O)C[C@H]1NC(=O)C2(CCCCC2)NC(=O)[C@@H](Cc2ccc(OP(=O)(O)O)cc2)NC(=O)C[S@@](=O)C[C@H](C(N)=O)NC(=O)[C@@H](Cc2ccc3ccccc3c2)NC1=O. The highest BCUT2D eigenvalue weighted by molar-refractivity contribution is 7.85. The van der Waals surface area contributed by atoms with Gasteiger partial charge in [0.2, 0.25) is 41.4 Å².